The molecule has 1 heterocycles. The number of hydrogen-bond donors (Lipinski definition) is 0. The highest BCUT2D eigenvalue weighted by atomic mass is 35.5. The smallest absolute Gasteiger partial charge is 0.192 e. The van der Waals surface area contributed by atoms with Crippen LogP contribution in [0, 0.1) is 17.3 Å². The van der Waals surface area contributed by atoms with Gasteiger partial charge in [0.2, 0.25) is 0 Å². The second-order valence-corrected chi connectivity index (χ2v) is 30.1. The first-order valence-corrected chi connectivity index (χ1v) is 26.0. The molecule has 282 valence electrons. The lowest BCUT2D eigenvalue weighted by Crippen LogP contribution is -2.63. The average molecular weight is 772 g/mol. The molecule has 2 aromatic rings. The molecule has 3 aliphatic rings. The third kappa shape index (κ3) is 7.63. The number of Topliss-reactive ketones (excluding diaryl/α,β-unsaturated/α-hetero) is 1. The molecule has 0 saturated heterocycles. The third-order valence-corrected chi connectivity index (χ3v) is 24.5. The molecule has 51 heavy (non-hydrogen) atoms. The van der Waals surface area contributed by atoms with Crippen molar-refractivity contribution in [2.45, 2.75) is 152 Å². The van der Waals surface area contributed by atoms with E-state index in [4.69, 9.17) is 36.8 Å². The van der Waals surface area contributed by atoms with Crippen LogP contribution in [-0.4, -0.2) is 39.2 Å². The second kappa shape index (κ2) is 15.0. The Balaban J connectivity index is 1.52. The van der Waals surface area contributed by atoms with Crippen molar-refractivity contribution in [3.8, 4) is 0 Å². The fourth-order valence-corrected chi connectivity index (χ4v) is 12.2. The van der Waals surface area contributed by atoms with Gasteiger partial charge in [-0.25, -0.2) is 0 Å². The van der Waals surface area contributed by atoms with Gasteiger partial charge in [0.25, 0.3) is 0 Å². The first-order chi connectivity index (χ1) is 23.7. The Kier molecular flexibility index (Phi) is 12.0. The van der Waals surface area contributed by atoms with Crippen LogP contribution in [0.4, 0.5) is 0 Å². The van der Waals surface area contributed by atoms with Gasteiger partial charge in [-0.15, -0.1) is 6.58 Å². The molecule has 0 amide bonds. The zero-order valence-electron chi connectivity index (χ0n) is 33.1. The van der Waals surface area contributed by atoms with E-state index in [1.807, 2.05) is 6.07 Å². The Hall–Kier alpha value is -1.42. The Morgan fingerprint density at radius 2 is 1.63 bits per heavy atom. The van der Waals surface area contributed by atoms with Crippen molar-refractivity contribution in [1.82, 2.24) is 0 Å². The third-order valence-electron chi connectivity index (χ3n) is 13.6. The molecule has 1 aromatic heterocycles. The first-order valence-electron chi connectivity index (χ1n) is 19.3. The van der Waals surface area contributed by atoms with Crippen molar-refractivity contribution in [1.29, 1.82) is 0 Å². The molecule has 5 rings (SSSR count). The SMILES string of the molecule is C=CCC1C(CCCCCCOCc2ccccc2)C=C2C(O[Si](C)(C)C(C)(C)C)C1c1coc([Si](C)(C)C(C)(C)C)c1CC21CC(=O)C1(Cl)Cl. The summed E-state index contributed by atoms with van der Waals surface area (Å²) in [6, 6.07) is 10.4. The Labute approximate surface area is 321 Å². The monoisotopic (exact) mass is 770 g/mol. The fraction of sp³-hybridized carbons (Fsp3) is 0.651. The topological polar surface area (TPSA) is 48.7 Å². The molecule has 8 heteroatoms. The maximum Gasteiger partial charge on any atom is 0.192 e. The largest absolute Gasteiger partial charge is 0.474 e. The number of alkyl halides is 2. The molecule has 1 aromatic carbocycles. The van der Waals surface area contributed by atoms with Gasteiger partial charge in [0, 0.05) is 24.4 Å². The molecule has 1 spiro atoms. The van der Waals surface area contributed by atoms with Crippen LogP contribution in [0.1, 0.15) is 109 Å². The van der Waals surface area contributed by atoms with Crippen molar-refractivity contribution in [3.05, 3.63) is 77.6 Å². The summed E-state index contributed by atoms with van der Waals surface area (Å²) in [7, 11) is -4.42. The quantitative estimate of drug-likeness (QED) is 0.0831. The van der Waals surface area contributed by atoms with Crippen molar-refractivity contribution < 1.29 is 18.4 Å². The number of rotatable bonds is 14. The molecule has 0 aliphatic heterocycles. The summed E-state index contributed by atoms with van der Waals surface area (Å²) in [6.45, 7) is 29.1. The van der Waals surface area contributed by atoms with E-state index >= 15 is 0 Å². The number of benzene rings is 1. The van der Waals surface area contributed by atoms with Crippen LogP contribution < -0.4 is 5.38 Å². The van der Waals surface area contributed by atoms with Crippen molar-refractivity contribution in [2.24, 2.45) is 17.3 Å². The minimum absolute atomic E-state index is 0.000549. The number of furan rings is 1. The molecular weight excluding hydrogens is 708 g/mol. The number of hydrogen-bond acceptors (Lipinski definition) is 4. The highest BCUT2D eigenvalue weighted by Crippen LogP contribution is 2.67. The van der Waals surface area contributed by atoms with Gasteiger partial charge >= 0.3 is 0 Å². The molecule has 4 nitrogen and oxygen atoms in total. The zero-order valence-corrected chi connectivity index (χ0v) is 36.6. The van der Waals surface area contributed by atoms with E-state index in [1.165, 1.54) is 22.3 Å². The highest BCUT2D eigenvalue weighted by molar-refractivity contribution is 6.91. The van der Waals surface area contributed by atoms with Crippen LogP contribution in [0.25, 0.3) is 0 Å². The standard InChI is InChI=1S/C43H64Cl2O4Si2/c1-12-20-32-31(23-18-13-14-19-24-47-28-30-21-16-15-17-22-30)25-35-38(49-51(10,11)41(5,6)7)37(32)34-29-48-39(50(8,9)40(2,3)4)33(34)26-42(35)27-36(46)43(42,44)45/h12,15-17,21-22,25,29,31-32,37-38H,1,13-14,18-20,23-24,26-28H2,2-11H3. The van der Waals surface area contributed by atoms with E-state index in [-0.39, 0.29) is 39.7 Å². The lowest BCUT2D eigenvalue weighted by molar-refractivity contribution is -0.133. The summed E-state index contributed by atoms with van der Waals surface area (Å²) in [4.78, 5) is 13.4. The van der Waals surface area contributed by atoms with Gasteiger partial charge in [0.1, 0.15) is 8.07 Å². The van der Waals surface area contributed by atoms with Crippen LogP contribution in [0.2, 0.25) is 36.3 Å². The van der Waals surface area contributed by atoms with Gasteiger partial charge in [-0.2, -0.15) is 0 Å². The van der Waals surface area contributed by atoms with E-state index in [9.17, 15) is 4.79 Å². The van der Waals surface area contributed by atoms with E-state index in [0.29, 0.717) is 19.4 Å². The summed E-state index contributed by atoms with van der Waals surface area (Å²) in [5.74, 6) is 0.537. The molecule has 0 radical (unpaired) electrons. The fourth-order valence-electron chi connectivity index (χ4n) is 8.34. The molecule has 1 fully saturated rings. The zero-order chi connectivity index (χ0) is 37.6. The number of ether oxygens (including phenoxy) is 1. The van der Waals surface area contributed by atoms with Gasteiger partial charge in [-0.1, -0.05) is 140 Å². The van der Waals surface area contributed by atoms with Gasteiger partial charge < -0.3 is 13.6 Å². The lowest BCUT2D eigenvalue weighted by Gasteiger charge is -2.56. The predicted octanol–water partition coefficient (Wildman–Crippen LogP) is 12.1. The second-order valence-electron chi connectivity index (χ2n) is 18.8. The van der Waals surface area contributed by atoms with Crippen LogP contribution in [0.3, 0.4) is 0 Å². The van der Waals surface area contributed by atoms with Gasteiger partial charge in [0.15, 0.2) is 18.4 Å². The van der Waals surface area contributed by atoms with E-state index in [1.54, 1.807) is 0 Å². The highest BCUT2D eigenvalue weighted by Gasteiger charge is 2.70. The summed E-state index contributed by atoms with van der Waals surface area (Å²) in [5, 5.41) is 1.18. The van der Waals surface area contributed by atoms with Crippen molar-refractivity contribution in [3.63, 3.8) is 0 Å². The summed E-state index contributed by atoms with van der Waals surface area (Å²) in [6.07, 6.45) is 13.8. The van der Waals surface area contributed by atoms with E-state index in [0.717, 1.165) is 50.5 Å². The Bertz CT molecular complexity index is 1580. The van der Waals surface area contributed by atoms with Crippen molar-refractivity contribution in [2.75, 3.05) is 6.61 Å². The number of carbonyl (C=O) groups is 1. The summed E-state index contributed by atoms with van der Waals surface area (Å²) in [5.41, 5.74) is 4.13. The molecule has 3 aliphatic carbocycles. The van der Waals surface area contributed by atoms with Gasteiger partial charge in [-0.05, 0) is 83.0 Å². The van der Waals surface area contributed by atoms with Crippen LogP contribution in [0.15, 0.2) is 65.3 Å². The minimum atomic E-state index is -2.29. The number of unbranched alkanes of at least 4 members (excludes halogenated alkanes) is 3. The first kappa shape index (κ1) is 40.8. The molecular formula is C43H64Cl2O4Si2. The maximum absolute atomic E-state index is 13.4. The lowest BCUT2D eigenvalue weighted by atomic mass is 9.55. The van der Waals surface area contributed by atoms with Crippen LogP contribution in [-0.2, 0) is 27.0 Å². The average Bonchev–Trinajstić information content (AvgIpc) is 3.42. The summed E-state index contributed by atoms with van der Waals surface area (Å²) >= 11 is 14.6. The van der Waals surface area contributed by atoms with Crippen LogP contribution in [0.5, 0.6) is 0 Å². The number of ketones is 1. The van der Waals surface area contributed by atoms with Crippen LogP contribution >= 0.6 is 23.2 Å². The number of carbonyl (C=O) groups excluding carboxylic acids is 1. The Morgan fingerprint density at radius 3 is 2.22 bits per heavy atom. The van der Waals surface area contributed by atoms with E-state index < -0.39 is 26.1 Å². The van der Waals surface area contributed by atoms with E-state index in [2.05, 4.69) is 117 Å². The molecule has 5 atom stereocenters. The van der Waals surface area contributed by atoms with Gasteiger partial charge in [0.05, 0.1) is 24.4 Å². The predicted molar refractivity (Wildman–Crippen MR) is 220 cm³/mol. The molecule has 2 bridgehead atoms. The van der Waals surface area contributed by atoms with Gasteiger partial charge in [-0.3, -0.25) is 4.79 Å². The Morgan fingerprint density at radius 1 is 0.961 bits per heavy atom. The van der Waals surface area contributed by atoms with Crippen molar-refractivity contribution >= 4 is 50.8 Å². The molecule has 0 N–H and O–H groups in total. The minimum Gasteiger partial charge on any atom is -0.474 e. The number of halogens is 2. The number of fused-ring (bicyclic) bond motifs is 5. The number of allylic oxidation sites excluding steroid dienone is 2. The summed E-state index contributed by atoms with van der Waals surface area (Å²) < 4.78 is 18.8. The molecule has 1 saturated carbocycles. The maximum atomic E-state index is 13.4. The normalized spacial score (nSPS) is 26.4. The molecule has 5 unspecified atom stereocenters.